The number of rotatable bonds is 10. The molecule has 0 saturated heterocycles. The van der Waals surface area contributed by atoms with Gasteiger partial charge >= 0.3 is 0 Å². The minimum absolute atomic E-state index is 0.727. The molecule has 3 rings (SSSR count). The van der Waals surface area contributed by atoms with Crippen molar-refractivity contribution >= 4 is 0 Å². The summed E-state index contributed by atoms with van der Waals surface area (Å²) in [5, 5.41) is 0. The minimum atomic E-state index is 0.727. The van der Waals surface area contributed by atoms with Crippen molar-refractivity contribution in [2.24, 2.45) is 17.8 Å². The van der Waals surface area contributed by atoms with Crippen LogP contribution < -0.4 is 0 Å². The Morgan fingerprint density at radius 3 is 1.97 bits per heavy atom. The van der Waals surface area contributed by atoms with Crippen LogP contribution in [0.15, 0.2) is 36.7 Å². The van der Waals surface area contributed by atoms with Crippen LogP contribution in [-0.4, -0.2) is 0 Å². The Morgan fingerprint density at radius 2 is 1.38 bits per heavy atom. The molecule has 1 aromatic rings. The third-order valence-electron chi connectivity index (χ3n) is 7.87. The molecule has 0 N–H and O–H groups in total. The molecule has 0 aliphatic heterocycles. The molecule has 0 aromatic heterocycles. The van der Waals surface area contributed by atoms with Crippen LogP contribution in [0.4, 0.5) is 4.39 Å². The van der Waals surface area contributed by atoms with Crippen LogP contribution in [0, 0.1) is 17.8 Å². The fraction of sp³-hybridized carbons (Fsp3) is 0.714. The Labute approximate surface area is 179 Å². The van der Waals surface area contributed by atoms with Gasteiger partial charge in [0.25, 0.3) is 0 Å². The Kier molecular flexibility index (Phi) is 9.77. The van der Waals surface area contributed by atoms with E-state index in [-0.39, 0.29) is 0 Å². The fourth-order valence-corrected chi connectivity index (χ4v) is 5.79. The van der Waals surface area contributed by atoms with E-state index in [1.165, 1.54) is 95.5 Å². The summed E-state index contributed by atoms with van der Waals surface area (Å²) in [7, 11) is 0. The van der Waals surface area contributed by atoms with E-state index in [1.807, 2.05) is 0 Å². The van der Waals surface area contributed by atoms with Crippen LogP contribution in [0.1, 0.15) is 114 Å². The summed E-state index contributed by atoms with van der Waals surface area (Å²) in [5.41, 5.74) is 3.11. The highest BCUT2D eigenvalue weighted by Gasteiger charge is 2.25. The Balaban J connectivity index is 1.32. The number of hydrogen-bond acceptors (Lipinski definition) is 0. The lowest BCUT2D eigenvalue weighted by Gasteiger charge is -2.32. The molecule has 1 aromatic carbocycles. The van der Waals surface area contributed by atoms with Crippen LogP contribution in [0.25, 0.3) is 0 Å². The van der Waals surface area contributed by atoms with Crippen molar-refractivity contribution in [1.29, 1.82) is 0 Å². The first-order valence-electron chi connectivity index (χ1n) is 12.6. The second kappa shape index (κ2) is 12.6. The monoisotopic (exact) mass is 398 g/mol. The fourth-order valence-electron chi connectivity index (χ4n) is 5.79. The largest absolute Gasteiger partial charge is 0.216 e. The zero-order valence-corrected chi connectivity index (χ0v) is 18.8. The quantitative estimate of drug-likeness (QED) is 0.345. The molecule has 0 spiro atoms. The molecule has 0 bridgehead atoms. The number of halogens is 1. The molecule has 0 atom stereocenters. The zero-order valence-electron chi connectivity index (χ0n) is 18.8. The van der Waals surface area contributed by atoms with Gasteiger partial charge in [0, 0.05) is 0 Å². The summed E-state index contributed by atoms with van der Waals surface area (Å²) in [6.07, 6.45) is 22.5. The molecule has 0 unspecified atom stereocenters. The van der Waals surface area contributed by atoms with E-state index in [1.54, 1.807) is 11.6 Å². The van der Waals surface area contributed by atoms with Crippen molar-refractivity contribution in [2.75, 3.05) is 0 Å². The van der Waals surface area contributed by atoms with Gasteiger partial charge in [0.1, 0.15) is 0 Å². The Hall–Kier alpha value is -1.11. The summed E-state index contributed by atoms with van der Waals surface area (Å²) in [5.74, 6) is 3.45. The van der Waals surface area contributed by atoms with Crippen LogP contribution >= 0.6 is 0 Å². The summed E-state index contributed by atoms with van der Waals surface area (Å²) in [6.45, 7) is 2.28. The predicted molar refractivity (Wildman–Crippen MR) is 124 cm³/mol. The molecule has 2 aliphatic carbocycles. The second-order valence-corrected chi connectivity index (χ2v) is 9.98. The first-order valence-corrected chi connectivity index (χ1v) is 12.6. The number of hydrogen-bond donors (Lipinski definition) is 0. The van der Waals surface area contributed by atoms with Gasteiger partial charge in [0.2, 0.25) is 0 Å². The van der Waals surface area contributed by atoms with Gasteiger partial charge in [-0.25, -0.2) is 4.39 Å². The highest BCUT2D eigenvalue weighted by atomic mass is 19.1. The summed E-state index contributed by atoms with van der Waals surface area (Å²) >= 11 is 0. The van der Waals surface area contributed by atoms with Gasteiger partial charge in [-0.1, -0.05) is 75.8 Å². The molecule has 0 nitrogen and oxygen atoms in total. The number of aryl methyl sites for hydroxylation is 1. The Bertz CT molecular complexity index is 571. The highest BCUT2D eigenvalue weighted by Crippen LogP contribution is 2.40. The lowest BCUT2D eigenvalue weighted by molar-refractivity contribution is 0.231. The van der Waals surface area contributed by atoms with Crippen molar-refractivity contribution in [2.45, 2.75) is 109 Å². The maximum absolute atomic E-state index is 12.2. The maximum Gasteiger partial charge on any atom is 0.0827 e. The van der Waals surface area contributed by atoms with Gasteiger partial charge in [-0.2, -0.15) is 0 Å². The summed E-state index contributed by atoms with van der Waals surface area (Å²) < 4.78 is 12.2. The summed E-state index contributed by atoms with van der Waals surface area (Å²) in [4.78, 5) is 0. The average Bonchev–Trinajstić information content (AvgIpc) is 2.78. The van der Waals surface area contributed by atoms with E-state index >= 15 is 0 Å². The van der Waals surface area contributed by atoms with Crippen molar-refractivity contribution in [3.8, 4) is 0 Å². The van der Waals surface area contributed by atoms with Crippen LogP contribution in [0.2, 0.25) is 0 Å². The van der Waals surface area contributed by atoms with Crippen molar-refractivity contribution in [3.05, 3.63) is 47.8 Å². The predicted octanol–water partition coefficient (Wildman–Crippen LogP) is 9.15. The second-order valence-electron chi connectivity index (χ2n) is 9.98. The molecule has 0 amide bonds. The normalized spacial score (nSPS) is 28.1. The average molecular weight is 399 g/mol. The Morgan fingerprint density at radius 1 is 0.793 bits per heavy atom. The van der Waals surface area contributed by atoms with Gasteiger partial charge in [-0.15, -0.1) is 0 Å². The van der Waals surface area contributed by atoms with Gasteiger partial charge in [0.05, 0.1) is 6.33 Å². The molecule has 2 aliphatic rings. The highest BCUT2D eigenvalue weighted by molar-refractivity contribution is 5.26. The van der Waals surface area contributed by atoms with E-state index in [9.17, 15) is 4.39 Å². The third-order valence-corrected chi connectivity index (χ3v) is 7.87. The lowest BCUT2D eigenvalue weighted by atomic mass is 9.74. The number of unbranched alkanes of at least 4 members (excludes halogenated alkanes) is 2. The molecular weight excluding hydrogens is 355 g/mol. The van der Waals surface area contributed by atoms with Crippen molar-refractivity contribution < 1.29 is 4.39 Å². The van der Waals surface area contributed by atoms with E-state index in [2.05, 4.69) is 31.2 Å². The van der Waals surface area contributed by atoms with Crippen LogP contribution in [-0.2, 0) is 6.42 Å². The van der Waals surface area contributed by atoms with Crippen molar-refractivity contribution in [1.82, 2.24) is 0 Å². The maximum atomic E-state index is 12.2. The molecule has 0 radical (unpaired) electrons. The van der Waals surface area contributed by atoms with Crippen LogP contribution in [0.5, 0.6) is 0 Å². The smallest absolute Gasteiger partial charge is 0.0827 e. The van der Waals surface area contributed by atoms with Crippen molar-refractivity contribution in [3.63, 3.8) is 0 Å². The van der Waals surface area contributed by atoms with Gasteiger partial charge in [-0.3, -0.25) is 0 Å². The number of benzene rings is 1. The third kappa shape index (κ3) is 7.58. The standard InChI is InChI=1S/C28H43F/c1-2-3-4-6-23-14-18-27(19-15-23)28-20-16-26(17-21-28)13-12-25-10-8-24(9-11-25)7-5-22-29/h5,14-15,18-19,22,24-26,28H,2-4,6-13,16-17,20-21H2,1H3/t24-,25-,26-,28-. The number of allylic oxidation sites excluding steroid dienone is 1. The lowest BCUT2D eigenvalue weighted by Crippen LogP contribution is -2.17. The molecule has 1 heteroatoms. The molecule has 2 saturated carbocycles. The van der Waals surface area contributed by atoms with E-state index in [0.717, 1.165) is 36.4 Å². The molecule has 162 valence electrons. The zero-order chi connectivity index (χ0) is 20.3. The van der Waals surface area contributed by atoms with E-state index in [4.69, 9.17) is 0 Å². The van der Waals surface area contributed by atoms with E-state index in [0.29, 0.717) is 0 Å². The first-order chi connectivity index (χ1) is 14.3. The topological polar surface area (TPSA) is 0 Å². The SMILES string of the molecule is CCCCCc1ccc([C@H]2CC[C@H](CC[C@H]3CC[C@H](CC=CF)CC3)CC2)cc1. The molecule has 0 heterocycles. The van der Waals surface area contributed by atoms with Gasteiger partial charge in [-0.05, 0) is 92.6 Å². The first kappa shape index (κ1) is 22.6. The van der Waals surface area contributed by atoms with Gasteiger partial charge < -0.3 is 0 Å². The molecule has 29 heavy (non-hydrogen) atoms. The van der Waals surface area contributed by atoms with Gasteiger partial charge in [0.15, 0.2) is 0 Å². The minimum Gasteiger partial charge on any atom is -0.216 e. The molecular formula is C28H43F. The van der Waals surface area contributed by atoms with E-state index < -0.39 is 0 Å². The van der Waals surface area contributed by atoms with Crippen LogP contribution in [0.3, 0.4) is 0 Å². The molecule has 2 fully saturated rings. The summed E-state index contributed by atoms with van der Waals surface area (Å²) in [6, 6.07) is 9.61.